The third-order valence-electron chi connectivity index (χ3n) is 4.44. The maximum absolute atomic E-state index is 13.4. The van der Waals surface area contributed by atoms with E-state index in [4.69, 9.17) is 4.74 Å². The smallest absolute Gasteiger partial charge is 0.252 e. The maximum Gasteiger partial charge on any atom is 0.252 e. The second-order valence-corrected chi connectivity index (χ2v) is 9.12. The van der Waals surface area contributed by atoms with Gasteiger partial charge in [-0.3, -0.25) is 9.59 Å². The van der Waals surface area contributed by atoms with Crippen molar-refractivity contribution in [3.8, 4) is 5.75 Å². The molecule has 2 rings (SSSR count). The van der Waals surface area contributed by atoms with E-state index in [0.717, 1.165) is 5.56 Å². The van der Waals surface area contributed by atoms with Crippen LogP contribution in [0.1, 0.15) is 68.9 Å². The number of hydrogen-bond donors (Lipinski definition) is 1. The molecule has 0 bridgehead atoms. The molecule has 4 nitrogen and oxygen atoms in total. The van der Waals surface area contributed by atoms with E-state index in [1.165, 1.54) is 0 Å². The predicted molar refractivity (Wildman–Crippen MR) is 113 cm³/mol. The topological polar surface area (TPSA) is 55.4 Å². The molecule has 0 saturated heterocycles. The third-order valence-corrected chi connectivity index (χ3v) is 4.44. The Labute approximate surface area is 168 Å². The number of nitrogens with one attached hydrogen (secondary N) is 1. The van der Waals surface area contributed by atoms with Gasteiger partial charge in [0.15, 0.2) is 0 Å². The first-order chi connectivity index (χ1) is 12.9. The first-order valence-corrected chi connectivity index (χ1v) is 9.54. The molecule has 1 amide bonds. The summed E-state index contributed by atoms with van der Waals surface area (Å²) in [6.07, 6.45) is 0. The molecule has 0 radical (unpaired) electrons. The number of Topliss-reactive ketones (excluding diaryl/α,β-unsaturated/α-hetero) is 1. The second-order valence-electron chi connectivity index (χ2n) is 9.12. The molecule has 1 atom stereocenters. The van der Waals surface area contributed by atoms with Gasteiger partial charge < -0.3 is 10.1 Å². The lowest BCUT2D eigenvalue weighted by Crippen LogP contribution is -2.41. The average molecular weight is 382 g/mol. The Balaban J connectivity index is 2.69. The lowest BCUT2D eigenvalue weighted by atomic mass is 9.75. The van der Waals surface area contributed by atoms with Crippen LogP contribution in [0.5, 0.6) is 5.75 Å². The van der Waals surface area contributed by atoms with Crippen molar-refractivity contribution in [2.75, 3.05) is 7.11 Å². The second kappa shape index (κ2) is 8.17. The van der Waals surface area contributed by atoms with Crippen molar-refractivity contribution < 1.29 is 14.3 Å². The molecule has 2 aromatic rings. The Kier molecular flexibility index (Phi) is 6.33. The SMILES string of the molecule is COc1ccc(C(C(=O)C(C)(C)C)c2ccccc2)c(C(=O)NC(C)(C)C)c1. The average Bonchev–Trinajstić information content (AvgIpc) is 2.60. The summed E-state index contributed by atoms with van der Waals surface area (Å²) in [5.74, 6) is -0.108. The van der Waals surface area contributed by atoms with Gasteiger partial charge in [-0.2, -0.15) is 0 Å². The number of amides is 1. The number of ether oxygens (including phenoxy) is 1. The lowest BCUT2D eigenvalue weighted by Gasteiger charge is -2.28. The molecule has 0 heterocycles. The molecule has 0 saturated carbocycles. The summed E-state index contributed by atoms with van der Waals surface area (Å²) in [5.41, 5.74) is 1.07. The van der Waals surface area contributed by atoms with Crippen LogP contribution in [-0.4, -0.2) is 24.3 Å². The number of ketones is 1. The highest BCUT2D eigenvalue weighted by Gasteiger charge is 2.34. The van der Waals surface area contributed by atoms with E-state index < -0.39 is 16.9 Å². The fraction of sp³-hybridized carbons (Fsp3) is 0.417. The Bertz CT molecular complexity index is 842. The first kappa shape index (κ1) is 21.7. The van der Waals surface area contributed by atoms with Crippen LogP contribution >= 0.6 is 0 Å². The standard InChI is InChI=1S/C24H31NO3/c1-23(2,3)21(26)20(16-11-9-8-10-12-16)18-14-13-17(28-7)15-19(18)22(27)25-24(4,5)6/h8-15,20H,1-7H3,(H,25,27). The van der Waals surface area contributed by atoms with Gasteiger partial charge in [-0.25, -0.2) is 0 Å². The van der Waals surface area contributed by atoms with Crippen LogP contribution in [-0.2, 0) is 4.79 Å². The molecule has 2 aromatic carbocycles. The van der Waals surface area contributed by atoms with E-state index in [-0.39, 0.29) is 11.7 Å². The summed E-state index contributed by atoms with van der Waals surface area (Å²) < 4.78 is 5.34. The van der Waals surface area contributed by atoms with Gasteiger partial charge in [-0.05, 0) is 44.0 Å². The molecule has 0 aliphatic rings. The summed E-state index contributed by atoms with van der Waals surface area (Å²) in [6.45, 7) is 11.5. The number of benzene rings is 2. The van der Waals surface area contributed by atoms with Crippen LogP contribution in [0.15, 0.2) is 48.5 Å². The fourth-order valence-electron chi connectivity index (χ4n) is 3.07. The monoisotopic (exact) mass is 381 g/mol. The van der Waals surface area contributed by atoms with E-state index >= 15 is 0 Å². The van der Waals surface area contributed by atoms with Gasteiger partial charge in [-0.15, -0.1) is 0 Å². The minimum absolute atomic E-state index is 0.0636. The van der Waals surface area contributed by atoms with Gasteiger partial charge in [0, 0.05) is 16.5 Å². The number of carbonyl (C=O) groups is 2. The Hall–Kier alpha value is -2.62. The normalized spacial score (nSPS) is 13.0. The molecule has 0 aromatic heterocycles. The Morgan fingerprint density at radius 1 is 0.929 bits per heavy atom. The van der Waals surface area contributed by atoms with E-state index in [1.54, 1.807) is 19.2 Å². The van der Waals surface area contributed by atoms with Crippen molar-refractivity contribution in [1.82, 2.24) is 5.32 Å². The van der Waals surface area contributed by atoms with Crippen molar-refractivity contribution in [2.24, 2.45) is 5.41 Å². The van der Waals surface area contributed by atoms with Crippen LogP contribution in [0.2, 0.25) is 0 Å². The van der Waals surface area contributed by atoms with E-state index in [0.29, 0.717) is 16.9 Å². The zero-order valence-electron chi connectivity index (χ0n) is 17.9. The van der Waals surface area contributed by atoms with Gasteiger partial charge in [0.25, 0.3) is 5.91 Å². The van der Waals surface area contributed by atoms with Crippen LogP contribution < -0.4 is 10.1 Å². The summed E-state index contributed by atoms with van der Waals surface area (Å²) in [5, 5.41) is 3.01. The van der Waals surface area contributed by atoms with Crippen LogP contribution in [0.25, 0.3) is 0 Å². The van der Waals surface area contributed by atoms with Gasteiger partial charge in [0.1, 0.15) is 11.5 Å². The van der Waals surface area contributed by atoms with Gasteiger partial charge in [0.2, 0.25) is 0 Å². The van der Waals surface area contributed by atoms with E-state index in [9.17, 15) is 9.59 Å². The summed E-state index contributed by atoms with van der Waals surface area (Å²) in [6, 6.07) is 15.0. The summed E-state index contributed by atoms with van der Waals surface area (Å²) in [4.78, 5) is 26.5. The molecular weight excluding hydrogens is 350 g/mol. The molecule has 4 heteroatoms. The highest BCUT2D eigenvalue weighted by atomic mass is 16.5. The zero-order chi connectivity index (χ0) is 21.1. The molecule has 0 fully saturated rings. The van der Waals surface area contributed by atoms with E-state index in [2.05, 4.69) is 5.32 Å². The molecule has 0 aliphatic carbocycles. The Morgan fingerprint density at radius 3 is 2.04 bits per heavy atom. The van der Waals surface area contributed by atoms with Crippen molar-refractivity contribution >= 4 is 11.7 Å². The van der Waals surface area contributed by atoms with Gasteiger partial charge in [-0.1, -0.05) is 57.2 Å². The first-order valence-electron chi connectivity index (χ1n) is 9.54. The predicted octanol–water partition coefficient (Wildman–Crippen LogP) is 4.97. The summed E-state index contributed by atoms with van der Waals surface area (Å²) >= 11 is 0. The number of carbonyl (C=O) groups excluding carboxylic acids is 2. The molecule has 150 valence electrons. The molecule has 0 spiro atoms. The van der Waals surface area contributed by atoms with Crippen molar-refractivity contribution in [2.45, 2.75) is 53.0 Å². The molecule has 1 unspecified atom stereocenters. The Morgan fingerprint density at radius 2 is 1.54 bits per heavy atom. The number of hydrogen-bond acceptors (Lipinski definition) is 3. The van der Waals surface area contributed by atoms with Crippen molar-refractivity contribution in [3.05, 3.63) is 65.2 Å². The molecule has 0 aliphatic heterocycles. The van der Waals surface area contributed by atoms with Crippen LogP contribution in [0.3, 0.4) is 0 Å². The lowest BCUT2D eigenvalue weighted by molar-refractivity contribution is -0.126. The molecular formula is C24H31NO3. The number of rotatable bonds is 5. The van der Waals surface area contributed by atoms with Gasteiger partial charge in [0.05, 0.1) is 13.0 Å². The highest BCUT2D eigenvalue weighted by molar-refractivity contribution is 6.01. The summed E-state index contributed by atoms with van der Waals surface area (Å²) in [7, 11) is 1.56. The van der Waals surface area contributed by atoms with Crippen molar-refractivity contribution in [1.29, 1.82) is 0 Å². The van der Waals surface area contributed by atoms with Crippen LogP contribution in [0, 0.1) is 5.41 Å². The third kappa shape index (κ3) is 5.22. The van der Waals surface area contributed by atoms with E-state index in [1.807, 2.05) is 77.9 Å². The highest BCUT2D eigenvalue weighted by Crippen LogP contribution is 2.36. The van der Waals surface area contributed by atoms with Gasteiger partial charge >= 0.3 is 0 Å². The minimum Gasteiger partial charge on any atom is -0.497 e. The minimum atomic E-state index is -0.557. The zero-order valence-corrected chi connectivity index (χ0v) is 17.9. The largest absolute Gasteiger partial charge is 0.497 e. The quantitative estimate of drug-likeness (QED) is 0.795. The molecule has 1 N–H and O–H groups in total. The van der Waals surface area contributed by atoms with Crippen LogP contribution in [0.4, 0.5) is 0 Å². The maximum atomic E-state index is 13.4. The number of methoxy groups -OCH3 is 1. The van der Waals surface area contributed by atoms with Crippen molar-refractivity contribution in [3.63, 3.8) is 0 Å². The fourth-order valence-corrected chi connectivity index (χ4v) is 3.07. The molecule has 28 heavy (non-hydrogen) atoms.